The molecule has 1 fully saturated rings. The molecule has 0 saturated carbocycles. The Hall–Kier alpha value is -1.79. The highest BCUT2D eigenvalue weighted by atomic mass is 35.5. The molecule has 0 aromatic heterocycles. The largest absolute Gasteiger partial charge is 0.371 e. The zero-order valence-corrected chi connectivity index (χ0v) is 18.0. The summed E-state index contributed by atoms with van der Waals surface area (Å²) in [6, 6.07) is 5.52. The van der Waals surface area contributed by atoms with Gasteiger partial charge in [-0.2, -0.15) is 0 Å². The lowest BCUT2D eigenvalue weighted by atomic mass is 9.98. The van der Waals surface area contributed by atoms with Crippen molar-refractivity contribution in [3.8, 4) is 0 Å². The molecule has 2 amide bonds. The van der Waals surface area contributed by atoms with Crippen molar-refractivity contribution in [2.24, 2.45) is 5.92 Å². The quantitative estimate of drug-likeness (QED) is 0.616. The SMILES string of the molecule is CCN(CC)CCNC(=O)c1cc(NC(=O)CCl)ccc1N1CCC(C)CC1. The molecule has 1 aromatic rings. The van der Waals surface area contributed by atoms with Crippen LogP contribution in [0.5, 0.6) is 0 Å². The van der Waals surface area contributed by atoms with E-state index in [1.807, 2.05) is 12.1 Å². The van der Waals surface area contributed by atoms with E-state index in [0.29, 0.717) is 23.7 Å². The molecule has 0 unspecified atom stereocenters. The maximum absolute atomic E-state index is 12.9. The van der Waals surface area contributed by atoms with Gasteiger partial charge < -0.3 is 20.4 Å². The third-order valence-electron chi connectivity index (χ3n) is 5.38. The number of halogens is 1. The number of hydrogen-bond acceptors (Lipinski definition) is 4. The fraction of sp³-hybridized carbons (Fsp3) is 0.619. The van der Waals surface area contributed by atoms with Crippen LogP contribution in [0.3, 0.4) is 0 Å². The Morgan fingerprint density at radius 2 is 1.89 bits per heavy atom. The fourth-order valence-electron chi connectivity index (χ4n) is 3.48. The summed E-state index contributed by atoms with van der Waals surface area (Å²) in [7, 11) is 0. The third kappa shape index (κ3) is 6.38. The van der Waals surface area contributed by atoms with Crippen molar-refractivity contribution < 1.29 is 9.59 Å². The first-order valence-electron chi connectivity index (χ1n) is 10.2. The second kappa shape index (κ2) is 11.3. The molecule has 1 aliphatic heterocycles. The molecule has 1 saturated heterocycles. The second-order valence-corrected chi connectivity index (χ2v) is 7.63. The van der Waals surface area contributed by atoms with Crippen LogP contribution in [0.4, 0.5) is 11.4 Å². The number of carbonyl (C=O) groups is 2. The van der Waals surface area contributed by atoms with E-state index in [2.05, 4.69) is 41.2 Å². The molecule has 2 rings (SSSR count). The van der Waals surface area contributed by atoms with Crippen LogP contribution in [0.2, 0.25) is 0 Å². The Kier molecular flexibility index (Phi) is 9.06. The fourth-order valence-corrected chi connectivity index (χ4v) is 3.54. The van der Waals surface area contributed by atoms with E-state index < -0.39 is 0 Å². The van der Waals surface area contributed by atoms with Gasteiger partial charge in [-0.25, -0.2) is 0 Å². The lowest BCUT2D eigenvalue weighted by molar-refractivity contribution is -0.113. The number of alkyl halides is 1. The molecule has 0 aliphatic carbocycles. The molecule has 1 aromatic carbocycles. The van der Waals surface area contributed by atoms with Gasteiger partial charge in [-0.05, 0) is 50.0 Å². The highest BCUT2D eigenvalue weighted by molar-refractivity contribution is 6.29. The first-order valence-corrected chi connectivity index (χ1v) is 10.8. The molecule has 2 N–H and O–H groups in total. The van der Waals surface area contributed by atoms with Crippen LogP contribution < -0.4 is 15.5 Å². The van der Waals surface area contributed by atoms with Gasteiger partial charge in [0.25, 0.3) is 5.91 Å². The number of carbonyl (C=O) groups excluding carboxylic acids is 2. The highest BCUT2D eigenvalue weighted by Crippen LogP contribution is 2.28. The van der Waals surface area contributed by atoms with Gasteiger partial charge in [-0.1, -0.05) is 20.8 Å². The van der Waals surface area contributed by atoms with Gasteiger partial charge in [-0.3, -0.25) is 9.59 Å². The molecule has 7 heteroatoms. The molecule has 0 bridgehead atoms. The van der Waals surface area contributed by atoms with E-state index in [4.69, 9.17) is 11.6 Å². The zero-order chi connectivity index (χ0) is 20.5. The molecule has 6 nitrogen and oxygen atoms in total. The van der Waals surface area contributed by atoms with Crippen LogP contribution in [0.25, 0.3) is 0 Å². The van der Waals surface area contributed by atoms with Crippen molar-refractivity contribution >= 4 is 34.8 Å². The van der Waals surface area contributed by atoms with Gasteiger partial charge in [0.05, 0.1) is 5.56 Å². The topological polar surface area (TPSA) is 64.7 Å². The number of rotatable bonds is 9. The Bertz CT molecular complexity index is 656. The van der Waals surface area contributed by atoms with E-state index in [1.54, 1.807) is 6.07 Å². The number of nitrogens with one attached hydrogen (secondary N) is 2. The molecule has 0 spiro atoms. The van der Waals surface area contributed by atoms with Gasteiger partial charge in [0.2, 0.25) is 5.91 Å². The predicted octanol–water partition coefficient (Wildman–Crippen LogP) is 3.17. The van der Waals surface area contributed by atoms with Crippen LogP contribution in [-0.2, 0) is 4.79 Å². The van der Waals surface area contributed by atoms with Crippen molar-refractivity contribution in [1.29, 1.82) is 0 Å². The average molecular weight is 409 g/mol. The monoisotopic (exact) mass is 408 g/mol. The molecule has 0 radical (unpaired) electrons. The lowest BCUT2D eigenvalue weighted by Crippen LogP contribution is -2.37. The van der Waals surface area contributed by atoms with E-state index in [1.165, 1.54) is 0 Å². The first kappa shape index (κ1) is 22.5. The third-order valence-corrected chi connectivity index (χ3v) is 5.62. The standard InChI is InChI=1S/C21H33ClN4O2/c1-4-25(5-2)13-10-23-21(28)18-14-17(24-20(27)15-22)6-7-19(18)26-11-8-16(3)9-12-26/h6-7,14,16H,4-5,8-13,15H2,1-3H3,(H,23,28)(H,24,27). The minimum Gasteiger partial charge on any atom is -0.371 e. The van der Waals surface area contributed by atoms with E-state index in [0.717, 1.165) is 51.3 Å². The van der Waals surface area contributed by atoms with Crippen LogP contribution in [-0.4, -0.2) is 61.9 Å². The maximum Gasteiger partial charge on any atom is 0.253 e. The van der Waals surface area contributed by atoms with Gasteiger partial charge in [0.1, 0.15) is 5.88 Å². The summed E-state index contributed by atoms with van der Waals surface area (Å²) in [6.07, 6.45) is 2.24. The van der Waals surface area contributed by atoms with Gasteiger partial charge in [0, 0.05) is 37.6 Å². The van der Waals surface area contributed by atoms with Crippen molar-refractivity contribution in [2.45, 2.75) is 33.6 Å². The van der Waals surface area contributed by atoms with Crippen LogP contribution in [0.1, 0.15) is 44.0 Å². The smallest absolute Gasteiger partial charge is 0.253 e. The van der Waals surface area contributed by atoms with Crippen LogP contribution in [0.15, 0.2) is 18.2 Å². The minimum absolute atomic E-state index is 0.109. The maximum atomic E-state index is 12.9. The van der Waals surface area contributed by atoms with Crippen molar-refractivity contribution in [3.05, 3.63) is 23.8 Å². The number of benzene rings is 1. The van der Waals surface area contributed by atoms with E-state index in [-0.39, 0.29) is 17.7 Å². The summed E-state index contributed by atoms with van der Waals surface area (Å²) >= 11 is 5.59. The first-order chi connectivity index (χ1) is 13.5. The predicted molar refractivity (Wildman–Crippen MR) is 117 cm³/mol. The Balaban J connectivity index is 2.17. The van der Waals surface area contributed by atoms with Gasteiger partial charge >= 0.3 is 0 Å². The molecule has 156 valence electrons. The molecule has 28 heavy (non-hydrogen) atoms. The summed E-state index contributed by atoms with van der Waals surface area (Å²) in [6.45, 7) is 11.7. The summed E-state index contributed by atoms with van der Waals surface area (Å²) in [5.41, 5.74) is 2.12. The normalized spacial score (nSPS) is 15.0. The molecular formula is C21H33ClN4O2. The average Bonchev–Trinajstić information content (AvgIpc) is 2.71. The van der Waals surface area contributed by atoms with E-state index >= 15 is 0 Å². The zero-order valence-electron chi connectivity index (χ0n) is 17.3. The number of piperidine rings is 1. The van der Waals surface area contributed by atoms with Gasteiger partial charge in [-0.15, -0.1) is 11.6 Å². The minimum atomic E-state index is -0.283. The lowest BCUT2D eigenvalue weighted by Gasteiger charge is -2.33. The molecule has 1 aliphatic rings. The molecule has 0 atom stereocenters. The second-order valence-electron chi connectivity index (χ2n) is 7.37. The Labute approximate surface area is 173 Å². The van der Waals surface area contributed by atoms with Crippen molar-refractivity contribution in [2.75, 3.05) is 55.4 Å². The van der Waals surface area contributed by atoms with Crippen molar-refractivity contribution in [1.82, 2.24) is 10.2 Å². The number of likely N-dealkylation sites (N-methyl/N-ethyl adjacent to an activating group) is 1. The van der Waals surface area contributed by atoms with Crippen LogP contribution >= 0.6 is 11.6 Å². The Morgan fingerprint density at radius 3 is 2.50 bits per heavy atom. The summed E-state index contributed by atoms with van der Waals surface area (Å²) in [5, 5.41) is 5.77. The van der Waals surface area contributed by atoms with Crippen molar-refractivity contribution in [3.63, 3.8) is 0 Å². The highest BCUT2D eigenvalue weighted by Gasteiger charge is 2.22. The molecule has 1 heterocycles. The summed E-state index contributed by atoms with van der Waals surface area (Å²) in [5.74, 6) is 0.207. The number of anilines is 2. The number of amides is 2. The van der Waals surface area contributed by atoms with E-state index in [9.17, 15) is 9.59 Å². The number of hydrogen-bond donors (Lipinski definition) is 2. The van der Waals surface area contributed by atoms with Gasteiger partial charge in [0.15, 0.2) is 0 Å². The Morgan fingerprint density at radius 1 is 1.21 bits per heavy atom. The summed E-state index contributed by atoms with van der Waals surface area (Å²) in [4.78, 5) is 29.1. The van der Waals surface area contributed by atoms with Crippen LogP contribution in [0, 0.1) is 5.92 Å². The molecular weight excluding hydrogens is 376 g/mol. The summed E-state index contributed by atoms with van der Waals surface area (Å²) < 4.78 is 0. The number of nitrogens with zero attached hydrogens (tertiary/aromatic N) is 2.